The fourth-order valence-electron chi connectivity index (χ4n) is 5.30. The molecule has 0 bridgehead atoms. The van der Waals surface area contributed by atoms with Gasteiger partial charge in [0.15, 0.2) is 0 Å². The van der Waals surface area contributed by atoms with Crippen LogP contribution in [0.3, 0.4) is 0 Å². The fourth-order valence-corrected chi connectivity index (χ4v) is 5.42. The number of amides is 1. The molecule has 0 spiro atoms. The molecule has 2 saturated heterocycles. The van der Waals surface area contributed by atoms with Gasteiger partial charge in [0.2, 0.25) is 5.91 Å². The normalized spacial score (nSPS) is 22.3. The molecule has 3 heterocycles. The molecule has 5 rings (SSSR count). The van der Waals surface area contributed by atoms with E-state index < -0.39 is 0 Å². The van der Waals surface area contributed by atoms with E-state index in [0.717, 1.165) is 63.6 Å². The number of hydrogen-bond donors (Lipinski definition) is 0. The molecule has 1 amide bonds. The highest BCUT2D eigenvalue weighted by molar-refractivity contribution is 6.30. The second-order valence-electron chi connectivity index (χ2n) is 9.33. The summed E-state index contributed by atoms with van der Waals surface area (Å²) >= 11 is 6.12. The number of rotatable bonds is 5. The number of nitrogens with zero attached hydrogens (tertiary/aromatic N) is 5. The zero-order valence-corrected chi connectivity index (χ0v) is 20.0. The summed E-state index contributed by atoms with van der Waals surface area (Å²) < 4.78 is 5.50. The van der Waals surface area contributed by atoms with Gasteiger partial charge in [-0.05, 0) is 36.5 Å². The van der Waals surface area contributed by atoms with E-state index in [1.165, 1.54) is 11.3 Å². The number of piperazine rings is 1. The van der Waals surface area contributed by atoms with Crippen molar-refractivity contribution in [3.05, 3.63) is 52.4 Å². The summed E-state index contributed by atoms with van der Waals surface area (Å²) in [5, 5.41) is 0.691. The number of halogens is 1. The molecule has 1 aromatic carbocycles. The first-order chi connectivity index (χ1) is 16.1. The number of morpholine rings is 1. The highest BCUT2D eigenvalue weighted by Gasteiger charge is 2.33. The van der Waals surface area contributed by atoms with Gasteiger partial charge in [-0.15, -0.1) is 0 Å². The van der Waals surface area contributed by atoms with Crippen LogP contribution in [0.15, 0.2) is 30.6 Å². The van der Waals surface area contributed by atoms with Crippen LogP contribution in [0.4, 0.5) is 5.82 Å². The molecule has 0 N–H and O–H groups in total. The third kappa shape index (κ3) is 4.86. The van der Waals surface area contributed by atoms with Crippen molar-refractivity contribution in [1.82, 2.24) is 19.8 Å². The molecular weight excluding hydrogens is 438 g/mol. The zero-order valence-electron chi connectivity index (χ0n) is 19.3. The predicted octanol–water partition coefficient (Wildman–Crippen LogP) is 2.94. The molecule has 2 aliphatic heterocycles. The maximum Gasteiger partial charge on any atom is 0.231 e. The third-order valence-corrected chi connectivity index (χ3v) is 7.51. The standard InChI is InChI=1S/C25H32ClN5O2/c1-18-2-7-22-23(18)24(28-17-27-22)30-8-10-31(11-9-30)25(32)21(16-29-12-14-33-15-13-29)19-3-5-20(26)6-4-19/h3-6,17-18,21H,2,7-16H2,1H3/t18-,21?/m1/s1. The van der Waals surface area contributed by atoms with Crippen LogP contribution in [0.25, 0.3) is 0 Å². The van der Waals surface area contributed by atoms with Crippen LogP contribution in [0.2, 0.25) is 5.02 Å². The lowest BCUT2D eigenvalue weighted by Gasteiger charge is -2.39. The average molecular weight is 470 g/mol. The van der Waals surface area contributed by atoms with Crippen molar-refractivity contribution in [2.75, 3.05) is 63.9 Å². The van der Waals surface area contributed by atoms with Gasteiger partial charge in [0.05, 0.1) is 19.1 Å². The SMILES string of the molecule is C[C@@H]1CCc2ncnc(N3CCN(C(=O)C(CN4CCOCC4)c4ccc(Cl)cc4)CC3)c21. The summed E-state index contributed by atoms with van der Waals surface area (Å²) in [5.74, 6) is 1.57. The molecule has 3 aliphatic rings. The second kappa shape index (κ2) is 9.95. The summed E-state index contributed by atoms with van der Waals surface area (Å²) in [7, 11) is 0. The quantitative estimate of drug-likeness (QED) is 0.671. The number of aromatic nitrogens is 2. The van der Waals surface area contributed by atoms with Gasteiger partial charge in [-0.25, -0.2) is 9.97 Å². The van der Waals surface area contributed by atoms with Gasteiger partial charge in [-0.2, -0.15) is 0 Å². The largest absolute Gasteiger partial charge is 0.379 e. The number of carbonyl (C=O) groups excluding carboxylic acids is 1. The molecule has 0 radical (unpaired) electrons. The topological polar surface area (TPSA) is 61.8 Å². The molecular formula is C25H32ClN5O2. The Kier molecular flexibility index (Phi) is 6.81. The predicted molar refractivity (Wildman–Crippen MR) is 129 cm³/mol. The molecule has 176 valence electrons. The summed E-state index contributed by atoms with van der Waals surface area (Å²) in [6, 6.07) is 7.75. The lowest BCUT2D eigenvalue weighted by atomic mass is 9.96. The first-order valence-electron chi connectivity index (χ1n) is 12.0. The number of carbonyl (C=O) groups is 1. The summed E-state index contributed by atoms with van der Waals surface area (Å²) in [4.78, 5) is 29.6. The molecule has 8 heteroatoms. The van der Waals surface area contributed by atoms with Gasteiger partial charge in [-0.3, -0.25) is 9.69 Å². The van der Waals surface area contributed by atoms with E-state index >= 15 is 0 Å². The van der Waals surface area contributed by atoms with E-state index in [-0.39, 0.29) is 11.8 Å². The van der Waals surface area contributed by atoms with E-state index in [2.05, 4.69) is 26.7 Å². The number of aryl methyl sites for hydroxylation is 1. The van der Waals surface area contributed by atoms with Crippen molar-refractivity contribution in [1.29, 1.82) is 0 Å². The van der Waals surface area contributed by atoms with Crippen molar-refractivity contribution in [2.45, 2.75) is 31.6 Å². The molecule has 2 aromatic rings. The Morgan fingerprint density at radius 1 is 1.09 bits per heavy atom. The monoisotopic (exact) mass is 469 g/mol. The summed E-state index contributed by atoms with van der Waals surface area (Å²) in [6.07, 6.45) is 3.88. The van der Waals surface area contributed by atoms with Crippen molar-refractivity contribution < 1.29 is 9.53 Å². The van der Waals surface area contributed by atoms with Gasteiger partial charge < -0.3 is 14.5 Å². The average Bonchev–Trinajstić information content (AvgIpc) is 3.24. The van der Waals surface area contributed by atoms with Crippen LogP contribution < -0.4 is 4.90 Å². The second-order valence-corrected chi connectivity index (χ2v) is 9.76. The number of fused-ring (bicyclic) bond motifs is 1. The highest BCUT2D eigenvalue weighted by atomic mass is 35.5. The van der Waals surface area contributed by atoms with E-state index in [1.54, 1.807) is 6.33 Å². The molecule has 0 saturated carbocycles. The Morgan fingerprint density at radius 3 is 2.55 bits per heavy atom. The number of ether oxygens (including phenoxy) is 1. The first-order valence-corrected chi connectivity index (χ1v) is 12.4. The Morgan fingerprint density at radius 2 is 1.82 bits per heavy atom. The van der Waals surface area contributed by atoms with Crippen molar-refractivity contribution in [3.63, 3.8) is 0 Å². The number of hydrogen-bond acceptors (Lipinski definition) is 6. The van der Waals surface area contributed by atoms with Gasteiger partial charge in [0.1, 0.15) is 12.1 Å². The van der Waals surface area contributed by atoms with Crippen LogP contribution >= 0.6 is 11.6 Å². The minimum atomic E-state index is -0.199. The van der Waals surface area contributed by atoms with Crippen LogP contribution in [-0.4, -0.2) is 84.7 Å². The van der Waals surface area contributed by atoms with Gasteiger partial charge in [0, 0.05) is 62.1 Å². The molecule has 1 aromatic heterocycles. The Hall–Kier alpha value is -2.22. The molecule has 1 unspecified atom stereocenters. The minimum Gasteiger partial charge on any atom is -0.379 e. The first kappa shape index (κ1) is 22.6. The van der Waals surface area contributed by atoms with Crippen LogP contribution in [0, 0.1) is 0 Å². The van der Waals surface area contributed by atoms with Gasteiger partial charge in [0.25, 0.3) is 0 Å². The van der Waals surface area contributed by atoms with Crippen molar-refractivity contribution in [3.8, 4) is 0 Å². The minimum absolute atomic E-state index is 0.199. The lowest BCUT2D eigenvalue weighted by molar-refractivity contribution is -0.134. The molecule has 33 heavy (non-hydrogen) atoms. The maximum absolute atomic E-state index is 13.7. The smallest absolute Gasteiger partial charge is 0.231 e. The van der Waals surface area contributed by atoms with Gasteiger partial charge >= 0.3 is 0 Å². The third-order valence-electron chi connectivity index (χ3n) is 7.26. The maximum atomic E-state index is 13.7. The molecule has 7 nitrogen and oxygen atoms in total. The molecule has 2 fully saturated rings. The van der Waals surface area contributed by atoms with E-state index in [1.807, 2.05) is 29.2 Å². The number of benzene rings is 1. The van der Waals surface area contributed by atoms with Crippen molar-refractivity contribution >= 4 is 23.3 Å². The van der Waals surface area contributed by atoms with Crippen LogP contribution in [0.1, 0.15) is 42.0 Å². The highest BCUT2D eigenvalue weighted by Crippen LogP contribution is 2.37. The van der Waals surface area contributed by atoms with Crippen LogP contribution in [0.5, 0.6) is 0 Å². The number of anilines is 1. The summed E-state index contributed by atoms with van der Waals surface area (Å²) in [6.45, 7) is 9.16. The Bertz CT molecular complexity index is 971. The summed E-state index contributed by atoms with van der Waals surface area (Å²) in [5.41, 5.74) is 3.53. The zero-order chi connectivity index (χ0) is 22.8. The Balaban J connectivity index is 1.29. The van der Waals surface area contributed by atoms with E-state index in [9.17, 15) is 4.79 Å². The molecule has 2 atom stereocenters. The van der Waals surface area contributed by atoms with E-state index in [4.69, 9.17) is 16.3 Å². The van der Waals surface area contributed by atoms with E-state index in [0.29, 0.717) is 30.6 Å². The molecule has 1 aliphatic carbocycles. The van der Waals surface area contributed by atoms with Crippen LogP contribution in [-0.2, 0) is 16.0 Å². The lowest BCUT2D eigenvalue weighted by Crippen LogP contribution is -2.52. The van der Waals surface area contributed by atoms with Gasteiger partial charge in [-0.1, -0.05) is 30.7 Å². The van der Waals surface area contributed by atoms with Crippen molar-refractivity contribution in [2.24, 2.45) is 0 Å². The Labute approximate surface area is 200 Å². The fraction of sp³-hybridized carbons (Fsp3) is 0.560.